The summed E-state index contributed by atoms with van der Waals surface area (Å²) in [5.41, 5.74) is 1.95. The fourth-order valence-corrected chi connectivity index (χ4v) is 3.02. The van der Waals surface area contributed by atoms with Gasteiger partial charge in [-0.1, -0.05) is 35.3 Å². The summed E-state index contributed by atoms with van der Waals surface area (Å²) in [5, 5.41) is 3.20. The molecule has 1 saturated heterocycles. The summed E-state index contributed by atoms with van der Waals surface area (Å²) in [6.07, 6.45) is 3.98. The summed E-state index contributed by atoms with van der Waals surface area (Å²) in [6.45, 7) is 1.33. The molecule has 2 aromatic rings. The zero-order valence-electron chi connectivity index (χ0n) is 13.5. The molecule has 0 spiro atoms. The largest absolute Gasteiger partial charge is 0.338 e. The van der Waals surface area contributed by atoms with E-state index < -0.39 is 0 Å². The number of carbonyl (C=O) groups excluding carboxylic acids is 2. The lowest BCUT2D eigenvalue weighted by Crippen LogP contribution is -2.34. The Kier molecular flexibility index (Phi) is 5.56. The molecule has 2 heterocycles. The molecule has 0 unspecified atom stereocenters. The van der Waals surface area contributed by atoms with Gasteiger partial charge in [0.1, 0.15) is 5.15 Å². The highest BCUT2D eigenvalue weighted by atomic mass is 35.5. The van der Waals surface area contributed by atoms with Crippen LogP contribution in [0.1, 0.15) is 35.2 Å². The molecule has 1 aromatic carbocycles. The van der Waals surface area contributed by atoms with Crippen LogP contribution in [0.2, 0.25) is 10.2 Å². The van der Waals surface area contributed by atoms with Gasteiger partial charge < -0.3 is 10.2 Å². The van der Waals surface area contributed by atoms with Gasteiger partial charge in [0.2, 0.25) is 5.91 Å². The number of halogens is 2. The van der Waals surface area contributed by atoms with E-state index in [0.717, 1.165) is 24.9 Å². The Labute approximate surface area is 155 Å². The molecular weight excluding hydrogens is 361 g/mol. The van der Waals surface area contributed by atoms with Crippen LogP contribution in [0.4, 0.5) is 5.69 Å². The normalized spacial score (nSPS) is 14.5. The van der Waals surface area contributed by atoms with Crippen molar-refractivity contribution in [3.05, 3.63) is 57.8 Å². The Balaban J connectivity index is 1.69. The first-order valence-electron chi connectivity index (χ1n) is 8.02. The van der Waals surface area contributed by atoms with Crippen LogP contribution in [0.15, 0.2) is 36.5 Å². The maximum atomic E-state index is 12.3. The van der Waals surface area contributed by atoms with E-state index in [1.165, 1.54) is 12.3 Å². The quantitative estimate of drug-likeness (QED) is 0.813. The molecule has 5 nitrogen and oxygen atoms in total. The number of hydrogen-bond donors (Lipinski definition) is 1. The van der Waals surface area contributed by atoms with Crippen LogP contribution in [0.25, 0.3) is 0 Å². The minimum absolute atomic E-state index is 0.159. The van der Waals surface area contributed by atoms with E-state index in [2.05, 4.69) is 10.3 Å². The smallest absolute Gasteiger partial charge is 0.257 e. The third-order valence-electron chi connectivity index (χ3n) is 4.04. The molecule has 0 bridgehead atoms. The third-order valence-corrected chi connectivity index (χ3v) is 4.72. The van der Waals surface area contributed by atoms with Crippen molar-refractivity contribution in [2.24, 2.45) is 0 Å². The fourth-order valence-electron chi connectivity index (χ4n) is 2.75. The number of nitrogens with zero attached hydrogens (tertiary/aromatic N) is 2. The number of amides is 2. The second-order valence-corrected chi connectivity index (χ2v) is 6.69. The van der Waals surface area contributed by atoms with Crippen molar-refractivity contribution in [1.29, 1.82) is 0 Å². The predicted octanol–water partition coefficient (Wildman–Crippen LogP) is 4.15. The highest BCUT2D eigenvalue weighted by molar-refractivity contribution is 6.41. The van der Waals surface area contributed by atoms with Crippen LogP contribution in [-0.4, -0.2) is 28.2 Å². The molecule has 1 fully saturated rings. The number of nitrogens with one attached hydrogen (secondary N) is 1. The fraction of sp³-hybridized carbons (Fsp3) is 0.278. The molecule has 1 aliphatic heterocycles. The van der Waals surface area contributed by atoms with Crippen LogP contribution < -0.4 is 5.32 Å². The van der Waals surface area contributed by atoms with Crippen molar-refractivity contribution in [3.63, 3.8) is 0 Å². The van der Waals surface area contributed by atoms with Crippen LogP contribution in [0.3, 0.4) is 0 Å². The first-order chi connectivity index (χ1) is 12.0. The molecule has 1 aromatic heterocycles. The molecule has 0 aliphatic carbocycles. The minimum atomic E-state index is -0.322. The summed E-state index contributed by atoms with van der Waals surface area (Å²) in [7, 11) is 0. The second kappa shape index (κ2) is 7.85. The molecule has 7 heteroatoms. The number of rotatable bonds is 4. The first-order valence-corrected chi connectivity index (χ1v) is 8.77. The van der Waals surface area contributed by atoms with E-state index in [0.29, 0.717) is 24.2 Å². The average molecular weight is 378 g/mol. The molecule has 25 heavy (non-hydrogen) atoms. The lowest BCUT2D eigenvalue weighted by Gasteiger charge is -2.26. The Hall–Kier alpha value is -2.11. The number of anilines is 1. The topological polar surface area (TPSA) is 62.3 Å². The van der Waals surface area contributed by atoms with Gasteiger partial charge in [-0.05, 0) is 36.6 Å². The van der Waals surface area contributed by atoms with Crippen molar-refractivity contribution in [3.8, 4) is 0 Å². The van der Waals surface area contributed by atoms with Gasteiger partial charge in [0.25, 0.3) is 5.91 Å². The molecule has 1 N–H and O–H groups in total. The Morgan fingerprint density at radius 2 is 2.08 bits per heavy atom. The lowest BCUT2D eigenvalue weighted by atomic mass is 10.1. The summed E-state index contributed by atoms with van der Waals surface area (Å²) in [5.74, 6) is -0.139. The molecule has 3 rings (SSSR count). The molecule has 0 radical (unpaired) electrons. The number of piperidine rings is 1. The second-order valence-electron chi connectivity index (χ2n) is 5.92. The van der Waals surface area contributed by atoms with Gasteiger partial charge in [-0.15, -0.1) is 0 Å². The number of hydrogen-bond acceptors (Lipinski definition) is 3. The maximum absolute atomic E-state index is 12.3. The van der Waals surface area contributed by atoms with E-state index in [-0.39, 0.29) is 22.0 Å². The number of pyridine rings is 1. The van der Waals surface area contributed by atoms with Gasteiger partial charge in [0.05, 0.1) is 10.6 Å². The van der Waals surface area contributed by atoms with Gasteiger partial charge in [-0.2, -0.15) is 0 Å². The summed E-state index contributed by atoms with van der Waals surface area (Å²) in [4.78, 5) is 30.0. The predicted molar refractivity (Wildman–Crippen MR) is 97.9 cm³/mol. The van der Waals surface area contributed by atoms with Crippen molar-refractivity contribution in [1.82, 2.24) is 9.88 Å². The molecule has 0 saturated carbocycles. The monoisotopic (exact) mass is 377 g/mol. The number of aromatic nitrogens is 1. The Morgan fingerprint density at radius 1 is 1.24 bits per heavy atom. The van der Waals surface area contributed by atoms with Gasteiger partial charge >= 0.3 is 0 Å². The molecule has 2 amide bonds. The van der Waals surface area contributed by atoms with Crippen LogP contribution in [-0.2, 0) is 11.3 Å². The number of benzene rings is 1. The van der Waals surface area contributed by atoms with Crippen molar-refractivity contribution >= 4 is 40.7 Å². The lowest BCUT2D eigenvalue weighted by molar-refractivity contribution is -0.133. The van der Waals surface area contributed by atoms with Crippen LogP contribution >= 0.6 is 23.2 Å². The van der Waals surface area contributed by atoms with Gasteiger partial charge in [-0.3, -0.25) is 9.59 Å². The summed E-state index contributed by atoms with van der Waals surface area (Å²) < 4.78 is 0. The van der Waals surface area contributed by atoms with E-state index in [1.54, 1.807) is 6.07 Å². The minimum Gasteiger partial charge on any atom is -0.338 e. The van der Waals surface area contributed by atoms with Gasteiger partial charge in [0.15, 0.2) is 0 Å². The van der Waals surface area contributed by atoms with E-state index in [1.807, 2.05) is 23.1 Å². The van der Waals surface area contributed by atoms with E-state index >= 15 is 0 Å². The number of carbonyl (C=O) groups is 2. The number of likely N-dealkylation sites (tertiary alicyclic amines) is 1. The van der Waals surface area contributed by atoms with Crippen molar-refractivity contribution in [2.45, 2.75) is 25.8 Å². The standard InChI is InChI=1S/C18H17Cl2N3O2/c19-15-9-13(10-21-17(15)20)18(25)22-14-5-3-4-12(8-14)11-23-7-2-1-6-16(23)24/h3-5,8-10H,1-2,6-7,11H2,(H,22,25). The Morgan fingerprint density at radius 3 is 2.84 bits per heavy atom. The van der Waals surface area contributed by atoms with E-state index in [4.69, 9.17) is 23.2 Å². The summed E-state index contributed by atoms with van der Waals surface area (Å²) >= 11 is 11.7. The maximum Gasteiger partial charge on any atom is 0.257 e. The highest BCUT2D eigenvalue weighted by Crippen LogP contribution is 2.21. The molecule has 130 valence electrons. The van der Waals surface area contributed by atoms with Crippen LogP contribution in [0, 0.1) is 0 Å². The SMILES string of the molecule is O=C(Nc1cccc(CN2CCCCC2=O)c1)c1cnc(Cl)c(Cl)c1. The molecule has 0 atom stereocenters. The zero-order valence-corrected chi connectivity index (χ0v) is 15.0. The van der Waals surface area contributed by atoms with E-state index in [9.17, 15) is 9.59 Å². The Bertz CT molecular complexity index is 811. The highest BCUT2D eigenvalue weighted by Gasteiger charge is 2.18. The average Bonchev–Trinajstić information content (AvgIpc) is 2.60. The van der Waals surface area contributed by atoms with Crippen molar-refractivity contribution in [2.75, 3.05) is 11.9 Å². The van der Waals surface area contributed by atoms with Gasteiger partial charge in [-0.25, -0.2) is 4.98 Å². The zero-order chi connectivity index (χ0) is 17.8. The van der Waals surface area contributed by atoms with Crippen molar-refractivity contribution < 1.29 is 9.59 Å². The van der Waals surface area contributed by atoms with Crippen LogP contribution in [0.5, 0.6) is 0 Å². The molecule has 1 aliphatic rings. The van der Waals surface area contributed by atoms with Gasteiger partial charge in [0, 0.05) is 31.4 Å². The summed E-state index contributed by atoms with van der Waals surface area (Å²) in [6, 6.07) is 8.93. The third kappa shape index (κ3) is 4.50. The molecular formula is C18H17Cl2N3O2. The first kappa shape index (κ1) is 17.7.